The number of nitriles is 1. The fourth-order valence-corrected chi connectivity index (χ4v) is 6.08. The van der Waals surface area contributed by atoms with Crippen LogP contribution < -0.4 is 5.73 Å². The van der Waals surface area contributed by atoms with Crippen molar-refractivity contribution in [3.05, 3.63) is 95.1 Å². The molecular weight excluding hydrogens is 569 g/mol. The zero-order chi connectivity index (χ0) is 31.7. The SMILES string of the molecule is N#Cc1cccc(CCC(=O)N2CCN(CCCCC3(C(=O)O)c4ccccc4-c4ccccc43)CC2)c1.NCC(F)(F)F. The molecule has 1 aliphatic heterocycles. The summed E-state index contributed by atoms with van der Waals surface area (Å²) in [6.07, 6.45) is -0.776. The first-order valence-corrected chi connectivity index (χ1v) is 14.8. The van der Waals surface area contributed by atoms with Crippen molar-refractivity contribution in [3.8, 4) is 17.2 Å². The topological polar surface area (TPSA) is 111 Å². The van der Waals surface area contributed by atoms with Crippen LogP contribution in [-0.2, 0) is 21.4 Å². The number of nitrogens with two attached hydrogens (primary N) is 1. The Bertz CT molecular complexity index is 1450. The summed E-state index contributed by atoms with van der Waals surface area (Å²) in [5.74, 6) is -0.615. The largest absolute Gasteiger partial charge is 0.480 e. The molecule has 3 aromatic rings. The second kappa shape index (κ2) is 14.5. The van der Waals surface area contributed by atoms with Crippen molar-refractivity contribution >= 4 is 11.9 Å². The zero-order valence-electron chi connectivity index (χ0n) is 24.5. The number of unbranched alkanes of at least 4 members (excludes halogenated alkanes) is 1. The van der Waals surface area contributed by atoms with E-state index < -0.39 is 24.1 Å². The maximum Gasteiger partial charge on any atom is 0.400 e. The van der Waals surface area contributed by atoms with E-state index >= 15 is 0 Å². The molecule has 0 saturated carbocycles. The van der Waals surface area contributed by atoms with Gasteiger partial charge in [-0.15, -0.1) is 0 Å². The fourth-order valence-electron chi connectivity index (χ4n) is 6.08. The molecule has 0 radical (unpaired) electrons. The lowest BCUT2D eigenvalue weighted by atomic mass is 9.74. The average Bonchev–Trinajstić information content (AvgIpc) is 3.33. The first kappa shape index (κ1) is 32.7. The maximum absolute atomic E-state index is 12.8. The van der Waals surface area contributed by atoms with Crippen LogP contribution in [0.25, 0.3) is 11.1 Å². The van der Waals surface area contributed by atoms with Gasteiger partial charge in [-0.1, -0.05) is 67.1 Å². The Morgan fingerprint density at radius 3 is 2.05 bits per heavy atom. The van der Waals surface area contributed by atoms with E-state index in [4.69, 9.17) is 5.26 Å². The summed E-state index contributed by atoms with van der Waals surface area (Å²) in [4.78, 5) is 29.8. The molecule has 3 aromatic carbocycles. The molecule has 0 aromatic heterocycles. The number of aliphatic carboxylic acids is 1. The number of aryl methyl sites for hydroxylation is 1. The van der Waals surface area contributed by atoms with Gasteiger partial charge in [0.25, 0.3) is 0 Å². The quantitative estimate of drug-likeness (QED) is 0.317. The van der Waals surface area contributed by atoms with Crippen molar-refractivity contribution in [1.82, 2.24) is 9.80 Å². The average molecular weight is 607 g/mol. The van der Waals surface area contributed by atoms with E-state index in [1.165, 1.54) is 0 Å². The lowest BCUT2D eigenvalue weighted by Crippen LogP contribution is -2.48. The van der Waals surface area contributed by atoms with E-state index in [0.717, 1.165) is 73.4 Å². The zero-order valence-corrected chi connectivity index (χ0v) is 24.5. The first-order chi connectivity index (χ1) is 21.1. The van der Waals surface area contributed by atoms with Gasteiger partial charge in [0.2, 0.25) is 5.91 Å². The summed E-state index contributed by atoms with van der Waals surface area (Å²) in [5.41, 5.74) is 8.70. The summed E-state index contributed by atoms with van der Waals surface area (Å²) in [6.45, 7) is 2.79. The van der Waals surface area contributed by atoms with E-state index in [1.807, 2.05) is 71.6 Å². The Balaban J connectivity index is 0.000000670. The number of carbonyl (C=O) groups is 2. The lowest BCUT2D eigenvalue weighted by Gasteiger charge is -2.35. The lowest BCUT2D eigenvalue weighted by molar-refractivity contribution is -0.142. The van der Waals surface area contributed by atoms with Crippen molar-refractivity contribution < 1.29 is 27.9 Å². The van der Waals surface area contributed by atoms with Gasteiger partial charge < -0.3 is 15.7 Å². The van der Waals surface area contributed by atoms with E-state index in [0.29, 0.717) is 24.8 Å². The number of nitrogens with zero attached hydrogens (tertiary/aromatic N) is 3. The van der Waals surface area contributed by atoms with Gasteiger partial charge in [0.15, 0.2) is 0 Å². The summed E-state index contributed by atoms with van der Waals surface area (Å²) >= 11 is 0. The summed E-state index contributed by atoms with van der Waals surface area (Å²) in [5, 5.41) is 19.5. The number of halogens is 3. The molecule has 1 heterocycles. The Morgan fingerprint density at radius 1 is 0.909 bits per heavy atom. The van der Waals surface area contributed by atoms with Crippen LogP contribution in [0.15, 0.2) is 72.8 Å². The van der Waals surface area contributed by atoms with Crippen molar-refractivity contribution in [1.29, 1.82) is 5.26 Å². The van der Waals surface area contributed by atoms with Gasteiger partial charge in [0, 0.05) is 32.6 Å². The number of hydrogen-bond donors (Lipinski definition) is 2. The van der Waals surface area contributed by atoms with Crippen molar-refractivity contribution in [2.24, 2.45) is 5.73 Å². The van der Waals surface area contributed by atoms with Crippen LogP contribution in [0.1, 0.15) is 47.9 Å². The number of carboxylic acids is 1. The second-order valence-corrected chi connectivity index (χ2v) is 11.1. The summed E-state index contributed by atoms with van der Waals surface area (Å²) in [7, 11) is 0. The molecule has 7 nitrogen and oxygen atoms in total. The van der Waals surface area contributed by atoms with Crippen molar-refractivity contribution in [3.63, 3.8) is 0 Å². The van der Waals surface area contributed by atoms with Crippen LogP contribution >= 0.6 is 0 Å². The van der Waals surface area contributed by atoms with Crippen molar-refractivity contribution in [2.45, 2.75) is 43.7 Å². The molecule has 0 spiro atoms. The van der Waals surface area contributed by atoms with Crippen LogP contribution in [0.3, 0.4) is 0 Å². The van der Waals surface area contributed by atoms with Gasteiger partial charge in [-0.05, 0) is 65.8 Å². The van der Waals surface area contributed by atoms with Gasteiger partial charge in [-0.3, -0.25) is 14.5 Å². The van der Waals surface area contributed by atoms with Crippen LogP contribution in [0.4, 0.5) is 13.2 Å². The van der Waals surface area contributed by atoms with E-state index in [9.17, 15) is 27.9 Å². The van der Waals surface area contributed by atoms with E-state index in [-0.39, 0.29) is 5.91 Å². The number of hydrogen-bond acceptors (Lipinski definition) is 5. The number of amides is 1. The molecule has 10 heteroatoms. The van der Waals surface area contributed by atoms with Gasteiger partial charge >= 0.3 is 12.1 Å². The molecule has 232 valence electrons. The fraction of sp³-hybridized carbons (Fsp3) is 0.382. The third-order valence-corrected chi connectivity index (χ3v) is 8.35. The molecule has 0 bridgehead atoms. The molecule has 0 unspecified atom stereocenters. The predicted octanol–water partition coefficient (Wildman–Crippen LogP) is 5.36. The first-order valence-electron chi connectivity index (χ1n) is 14.8. The molecule has 1 saturated heterocycles. The Labute approximate surface area is 255 Å². The molecular formula is C34H37F3N4O3. The Kier molecular flexibility index (Phi) is 10.8. The highest BCUT2D eigenvalue weighted by Gasteiger charge is 2.48. The van der Waals surface area contributed by atoms with E-state index in [1.54, 1.807) is 6.07 Å². The van der Waals surface area contributed by atoms with Gasteiger partial charge in [-0.2, -0.15) is 18.4 Å². The summed E-state index contributed by atoms with van der Waals surface area (Å²) < 4.78 is 32.0. The number of alkyl halides is 3. The van der Waals surface area contributed by atoms with Crippen LogP contribution in [0.2, 0.25) is 0 Å². The number of carboxylic acid groups (broad SMARTS) is 1. The van der Waals surface area contributed by atoms with Gasteiger partial charge in [-0.25, -0.2) is 0 Å². The highest BCUT2D eigenvalue weighted by atomic mass is 19.4. The van der Waals surface area contributed by atoms with Crippen LogP contribution in [0.5, 0.6) is 0 Å². The minimum absolute atomic E-state index is 0.161. The molecule has 2 aliphatic rings. The molecule has 1 aliphatic carbocycles. The second-order valence-electron chi connectivity index (χ2n) is 11.1. The highest BCUT2D eigenvalue weighted by molar-refractivity contribution is 5.97. The molecule has 1 fully saturated rings. The number of piperazine rings is 1. The van der Waals surface area contributed by atoms with Crippen LogP contribution in [-0.4, -0.2) is 72.2 Å². The number of carbonyl (C=O) groups excluding carboxylic acids is 1. The predicted molar refractivity (Wildman–Crippen MR) is 162 cm³/mol. The summed E-state index contributed by atoms with van der Waals surface area (Å²) in [6, 6.07) is 25.4. The van der Waals surface area contributed by atoms with Crippen molar-refractivity contribution in [2.75, 3.05) is 39.3 Å². The highest BCUT2D eigenvalue weighted by Crippen LogP contribution is 2.51. The van der Waals surface area contributed by atoms with Crippen LogP contribution in [0, 0.1) is 11.3 Å². The minimum Gasteiger partial charge on any atom is -0.480 e. The smallest absolute Gasteiger partial charge is 0.400 e. The van der Waals surface area contributed by atoms with E-state index in [2.05, 4.69) is 16.7 Å². The van der Waals surface area contributed by atoms with Gasteiger partial charge in [0.05, 0.1) is 18.2 Å². The number of rotatable bonds is 9. The standard InChI is InChI=1S/C32H33N3O3.C2H4F3N/c33-23-25-9-7-8-24(22-25)14-15-30(36)35-20-18-34(19-21-35)17-6-5-16-32(31(37)38)28-12-3-1-10-26(28)27-11-2-4-13-29(27)32;3-2(4,5)1-6/h1-4,7-13,22H,5-6,14-21H2,(H,37,38);1,6H2. The third-order valence-electron chi connectivity index (χ3n) is 8.35. The third kappa shape index (κ3) is 7.65. The molecule has 0 atom stereocenters. The minimum atomic E-state index is -4.18. The van der Waals surface area contributed by atoms with Gasteiger partial charge in [0.1, 0.15) is 5.41 Å². The molecule has 5 rings (SSSR count). The molecule has 1 amide bonds. The number of benzene rings is 3. The maximum atomic E-state index is 12.8. The normalized spacial score (nSPS) is 15.4. The molecule has 3 N–H and O–H groups in total. The Hall–Kier alpha value is -4.20. The monoisotopic (exact) mass is 606 g/mol. The Morgan fingerprint density at radius 2 is 1.50 bits per heavy atom. The molecule has 44 heavy (non-hydrogen) atoms. The number of fused-ring (bicyclic) bond motifs is 3.